The lowest BCUT2D eigenvalue weighted by Crippen LogP contribution is -2.48. The second-order valence-electron chi connectivity index (χ2n) is 6.69. The summed E-state index contributed by atoms with van der Waals surface area (Å²) in [4.78, 5) is 33.7. The quantitative estimate of drug-likeness (QED) is 0.145. The molecule has 3 unspecified atom stereocenters. The fourth-order valence-corrected chi connectivity index (χ4v) is 3.44. The molecule has 0 radical (unpaired) electrons. The average Bonchev–Trinajstić information content (AvgIpc) is 2.74. The monoisotopic (exact) mass is 508 g/mol. The van der Waals surface area contributed by atoms with Crippen LogP contribution in [0.2, 0.25) is 5.02 Å². The number of methoxy groups -OCH3 is 1. The Hall–Kier alpha value is -2.90. The van der Waals surface area contributed by atoms with E-state index in [1.807, 2.05) is 0 Å². The maximum atomic E-state index is 12.8. The lowest BCUT2D eigenvalue weighted by molar-refractivity contribution is -0.633. The molecule has 0 spiro atoms. The second kappa shape index (κ2) is 10.4. The fraction of sp³-hybridized carbons (Fsp3) is 0.316. The number of hydrogen-bond donors (Lipinski definition) is 2. The number of hydrogen-bond acceptors (Lipinski definition) is 8. The van der Waals surface area contributed by atoms with Crippen molar-refractivity contribution in [1.82, 2.24) is 0 Å². The van der Waals surface area contributed by atoms with Crippen molar-refractivity contribution >= 4 is 30.2 Å². The molecule has 1 N–H and O–H groups in total. The van der Waals surface area contributed by atoms with Gasteiger partial charge in [0.15, 0.2) is 0 Å². The summed E-state index contributed by atoms with van der Waals surface area (Å²) < 4.78 is 48.9. The molecule has 33 heavy (non-hydrogen) atoms. The molecule has 0 amide bonds. The van der Waals surface area contributed by atoms with E-state index in [2.05, 4.69) is 17.8 Å². The molecule has 14 heteroatoms. The molecule has 9 nitrogen and oxygen atoms in total. The average molecular weight is 509 g/mol. The van der Waals surface area contributed by atoms with Crippen molar-refractivity contribution in [3.8, 4) is 11.5 Å². The summed E-state index contributed by atoms with van der Waals surface area (Å²) in [7, 11) is 0.922. The van der Waals surface area contributed by atoms with Crippen LogP contribution in [0.25, 0.3) is 0 Å². The second-order valence-corrected chi connectivity index (χ2v) is 7.72. The third kappa shape index (κ3) is 5.92. The van der Waals surface area contributed by atoms with E-state index in [4.69, 9.17) is 26.2 Å². The molecule has 0 aliphatic carbocycles. The zero-order chi connectivity index (χ0) is 25.0. The van der Waals surface area contributed by atoms with Crippen molar-refractivity contribution < 1.29 is 37.5 Å². The van der Waals surface area contributed by atoms with Crippen molar-refractivity contribution in [2.75, 3.05) is 7.11 Å². The molecule has 2 aromatic carbocycles. The van der Waals surface area contributed by atoms with Gasteiger partial charge in [0.1, 0.15) is 16.7 Å². The highest BCUT2D eigenvalue weighted by molar-refractivity contribution is 7.81. The van der Waals surface area contributed by atoms with Gasteiger partial charge in [-0.2, -0.15) is 25.8 Å². The van der Waals surface area contributed by atoms with Crippen molar-refractivity contribution in [2.24, 2.45) is 5.18 Å². The largest absolute Gasteiger partial charge is 0.480 e. The molecule has 3 atom stereocenters. The molecular formula is C19H16ClF3N2O7S. The number of aliphatic carboxylic acids is 1. The van der Waals surface area contributed by atoms with Crippen LogP contribution in [-0.4, -0.2) is 34.1 Å². The van der Waals surface area contributed by atoms with E-state index in [1.165, 1.54) is 24.3 Å². The zero-order valence-corrected chi connectivity index (χ0v) is 18.3. The number of rotatable bonds is 10. The third-order valence-corrected chi connectivity index (χ3v) is 5.33. The van der Waals surface area contributed by atoms with Crippen LogP contribution in [0.1, 0.15) is 23.6 Å². The number of halogens is 4. The summed E-state index contributed by atoms with van der Waals surface area (Å²) in [5.41, 5.74) is -3.64. The molecule has 0 aliphatic heterocycles. The minimum Gasteiger partial charge on any atom is -0.480 e. The van der Waals surface area contributed by atoms with E-state index >= 15 is 0 Å². The normalized spacial score (nSPS) is 15.2. The van der Waals surface area contributed by atoms with Crippen LogP contribution in [0.3, 0.4) is 0 Å². The highest BCUT2D eigenvalue weighted by atomic mass is 35.5. The minimum absolute atomic E-state index is 0.0307. The number of carboxylic acids is 1. The molecule has 0 saturated heterocycles. The summed E-state index contributed by atoms with van der Waals surface area (Å²) in [6.07, 6.45) is -5.42. The predicted molar refractivity (Wildman–Crippen MR) is 113 cm³/mol. The lowest BCUT2D eigenvalue weighted by atomic mass is 9.92. The first-order chi connectivity index (χ1) is 15.4. The molecule has 0 saturated carbocycles. The standard InChI is InChI=1S/C19H16ClF3N2O7S/c1-31-18(25(29)30,9-15(33)17(26)27)16(24-28)10-3-2-4-12(7-10)32-14-6-5-11(8-13(14)20)19(21,22)23/h2-8,15-16,33H,9H2,1H3,(H,26,27). The molecule has 0 bridgehead atoms. The number of carboxylic acid groups (broad SMARTS) is 1. The van der Waals surface area contributed by atoms with E-state index in [1.54, 1.807) is 0 Å². The van der Waals surface area contributed by atoms with Crippen LogP contribution in [0, 0.1) is 15.0 Å². The van der Waals surface area contributed by atoms with Crippen LogP contribution in [0.4, 0.5) is 13.2 Å². The Bertz CT molecular complexity index is 1060. The van der Waals surface area contributed by atoms with Gasteiger partial charge in [-0.25, -0.2) is 0 Å². The van der Waals surface area contributed by atoms with Gasteiger partial charge in [-0.1, -0.05) is 28.9 Å². The summed E-state index contributed by atoms with van der Waals surface area (Å²) in [6.45, 7) is 0. The number of nitroso groups, excluding NO2 is 1. The summed E-state index contributed by atoms with van der Waals surface area (Å²) >= 11 is 9.66. The highest BCUT2D eigenvalue weighted by Crippen LogP contribution is 2.40. The van der Waals surface area contributed by atoms with Crippen molar-refractivity contribution in [3.63, 3.8) is 0 Å². The molecule has 0 heterocycles. The van der Waals surface area contributed by atoms with Crippen LogP contribution in [0.5, 0.6) is 11.5 Å². The van der Waals surface area contributed by atoms with Crippen molar-refractivity contribution in [2.45, 2.75) is 29.6 Å². The van der Waals surface area contributed by atoms with Crippen molar-refractivity contribution in [1.29, 1.82) is 0 Å². The molecule has 0 aromatic heterocycles. The van der Waals surface area contributed by atoms with Gasteiger partial charge >= 0.3 is 17.9 Å². The SMILES string of the molecule is COC(CC(S)C(=O)O)(C(N=O)c1cccc(Oc2ccc(C(F)(F)F)cc2Cl)c1)[N+](=O)[O-]. The highest BCUT2D eigenvalue weighted by Gasteiger charge is 2.55. The third-order valence-electron chi connectivity index (χ3n) is 4.63. The fourth-order valence-electron chi connectivity index (χ4n) is 2.96. The van der Waals surface area contributed by atoms with Gasteiger partial charge in [0.05, 0.1) is 21.9 Å². The molecule has 2 aromatic rings. The van der Waals surface area contributed by atoms with E-state index in [9.17, 15) is 33.0 Å². The number of thiol groups is 1. The van der Waals surface area contributed by atoms with Crippen LogP contribution in [-0.2, 0) is 15.7 Å². The molecule has 2 rings (SSSR count). The topological polar surface area (TPSA) is 128 Å². The van der Waals surface area contributed by atoms with E-state index < -0.39 is 46.1 Å². The summed E-state index contributed by atoms with van der Waals surface area (Å²) in [6, 6.07) is 5.75. The zero-order valence-electron chi connectivity index (χ0n) is 16.7. The Morgan fingerprint density at radius 3 is 2.45 bits per heavy atom. The van der Waals surface area contributed by atoms with Crippen LogP contribution in [0.15, 0.2) is 47.6 Å². The first-order valence-corrected chi connectivity index (χ1v) is 9.82. The Morgan fingerprint density at radius 1 is 1.30 bits per heavy atom. The maximum Gasteiger partial charge on any atom is 0.416 e. The van der Waals surface area contributed by atoms with Gasteiger partial charge < -0.3 is 14.6 Å². The number of nitro groups is 1. The van der Waals surface area contributed by atoms with Gasteiger partial charge in [-0.05, 0) is 35.9 Å². The van der Waals surface area contributed by atoms with Crippen molar-refractivity contribution in [3.05, 3.63) is 73.6 Å². The smallest absolute Gasteiger partial charge is 0.416 e. The Labute approximate surface area is 195 Å². The van der Waals surface area contributed by atoms with Gasteiger partial charge in [-0.3, -0.25) is 14.9 Å². The lowest BCUT2D eigenvalue weighted by Gasteiger charge is -2.28. The molecule has 178 valence electrons. The van der Waals surface area contributed by atoms with Gasteiger partial charge in [0, 0.05) is 7.11 Å². The van der Waals surface area contributed by atoms with Gasteiger partial charge in [0.25, 0.3) is 0 Å². The van der Waals surface area contributed by atoms with E-state index in [-0.39, 0.29) is 22.1 Å². The Balaban J connectivity index is 2.44. The summed E-state index contributed by atoms with van der Waals surface area (Å²) in [5, 5.41) is 21.8. The van der Waals surface area contributed by atoms with Crippen LogP contribution < -0.4 is 4.74 Å². The van der Waals surface area contributed by atoms with E-state index in [0.717, 1.165) is 19.2 Å². The minimum atomic E-state index is -4.61. The number of ether oxygens (including phenoxy) is 2. The first-order valence-electron chi connectivity index (χ1n) is 8.93. The molecule has 0 aliphatic rings. The summed E-state index contributed by atoms with van der Waals surface area (Å²) in [5.74, 6) is -1.65. The molecule has 0 fully saturated rings. The number of benzene rings is 2. The predicted octanol–water partition coefficient (Wildman–Crippen LogP) is 5.35. The number of nitrogens with zero attached hydrogens (tertiary/aromatic N) is 2. The maximum absolute atomic E-state index is 12.8. The van der Waals surface area contributed by atoms with Gasteiger partial charge in [-0.15, -0.1) is 4.91 Å². The molecular weight excluding hydrogens is 493 g/mol. The van der Waals surface area contributed by atoms with Crippen LogP contribution >= 0.6 is 24.2 Å². The van der Waals surface area contributed by atoms with Gasteiger partial charge in [0.2, 0.25) is 6.04 Å². The Kier molecular flexibility index (Phi) is 8.27. The Morgan fingerprint density at radius 2 is 1.97 bits per heavy atom. The number of carbonyl (C=O) groups is 1. The van der Waals surface area contributed by atoms with E-state index in [0.29, 0.717) is 6.07 Å². The number of alkyl halides is 3. The first kappa shape index (κ1) is 26.4.